The molecular formula is C19H33NO. The first-order valence-electron chi connectivity index (χ1n) is 8.24. The lowest BCUT2D eigenvalue weighted by molar-refractivity contribution is 0.267. The van der Waals surface area contributed by atoms with Crippen LogP contribution in [0, 0.1) is 18.3 Å². The van der Waals surface area contributed by atoms with Gasteiger partial charge in [-0.3, -0.25) is 0 Å². The van der Waals surface area contributed by atoms with Crippen molar-refractivity contribution in [1.29, 1.82) is 0 Å². The van der Waals surface area contributed by atoms with Gasteiger partial charge in [-0.15, -0.1) is 0 Å². The highest BCUT2D eigenvalue weighted by Gasteiger charge is 2.25. The third kappa shape index (κ3) is 6.09. The van der Waals surface area contributed by atoms with Gasteiger partial charge in [-0.2, -0.15) is 0 Å². The lowest BCUT2D eigenvalue weighted by atomic mass is 9.79. The Balaban J connectivity index is 2.83. The molecule has 0 aliphatic carbocycles. The van der Waals surface area contributed by atoms with Crippen molar-refractivity contribution in [3.8, 4) is 5.75 Å². The number of rotatable bonds is 9. The number of benzene rings is 1. The fraction of sp³-hybridized carbons (Fsp3) is 0.684. The Morgan fingerprint density at radius 2 is 2.00 bits per heavy atom. The molecule has 2 heteroatoms. The minimum atomic E-state index is 0.282. The van der Waals surface area contributed by atoms with Crippen molar-refractivity contribution in [2.24, 2.45) is 11.3 Å². The summed E-state index contributed by atoms with van der Waals surface area (Å²) in [4.78, 5) is 0. The van der Waals surface area contributed by atoms with E-state index in [1.165, 1.54) is 24.0 Å². The average molecular weight is 291 g/mol. The molecule has 2 nitrogen and oxygen atoms in total. The largest absolute Gasteiger partial charge is 0.496 e. The molecule has 1 rings (SSSR count). The first kappa shape index (κ1) is 18.0. The molecular weight excluding hydrogens is 258 g/mol. The van der Waals surface area contributed by atoms with Crippen molar-refractivity contribution in [3.63, 3.8) is 0 Å². The van der Waals surface area contributed by atoms with Gasteiger partial charge in [0.1, 0.15) is 5.75 Å². The quantitative estimate of drug-likeness (QED) is 0.718. The molecule has 1 aromatic rings. The van der Waals surface area contributed by atoms with Gasteiger partial charge in [0, 0.05) is 6.54 Å². The van der Waals surface area contributed by atoms with Gasteiger partial charge in [0.15, 0.2) is 0 Å². The Hall–Kier alpha value is -1.02. The van der Waals surface area contributed by atoms with Crippen LogP contribution < -0.4 is 10.1 Å². The highest BCUT2D eigenvalue weighted by molar-refractivity contribution is 5.37. The molecule has 0 aliphatic rings. The van der Waals surface area contributed by atoms with Gasteiger partial charge in [-0.05, 0) is 49.3 Å². The monoisotopic (exact) mass is 291 g/mol. The van der Waals surface area contributed by atoms with E-state index in [4.69, 9.17) is 4.74 Å². The molecule has 0 radical (unpaired) electrons. The molecule has 1 atom stereocenters. The van der Waals surface area contributed by atoms with Crippen molar-refractivity contribution in [2.45, 2.75) is 53.9 Å². The van der Waals surface area contributed by atoms with Crippen LogP contribution in [0.25, 0.3) is 0 Å². The van der Waals surface area contributed by atoms with Gasteiger partial charge < -0.3 is 10.1 Å². The van der Waals surface area contributed by atoms with E-state index in [0.717, 1.165) is 25.3 Å². The van der Waals surface area contributed by atoms with Crippen molar-refractivity contribution >= 4 is 0 Å². The summed E-state index contributed by atoms with van der Waals surface area (Å²) >= 11 is 0. The second-order valence-corrected chi connectivity index (χ2v) is 7.08. The van der Waals surface area contributed by atoms with Crippen LogP contribution in [0.4, 0.5) is 0 Å². The first-order valence-corrected chi connectivity index (χ1v) is 8.24. The van der Waals surface area contributed by atoms with Crippen LogP contribution in [0.15, 0.2) is 18.2 Å². The molecule has 0 saturated carbocycles. The lowest BCUT2D eigenvalue weighted by Gasteiger charge is -2.31. The van der Waals surface area contributed by atoms with E-state index < -0.39 is 0 Å². The Morgan fingerprint density at radius 1 is 1.29 bits per heavy atom. The molecule has 120 valence electrons. The van der Waals surface area contributed by atoms with E-state index in [1.807, 2.05) is 0 Å². The van der Waals surface area contributed by atoms with E-state index in [0.29, 0.717) is 5.92 Å². The van der Waals surface area contributed by atoms with Crippen LogP contribution in [0.1, 0.15) is 51.7 Å². The maximum absolute atomic E-state index is 5.55. The van der Waals surface area contributed by atoms with E-state index in [-0.39, 0.29) is 5.41 Å². The molecule has 1 aromatic carbocycles. The fourth-order valence-electron chi connectivity index (χ4n) is 3.01. The van der Waals surface area contributed by atoms with Crippen molar-refractivity contribution in [2.75, 3.05) is 20.2 Å². The normalized spacial score (nSPS) is 14.2. The Morgan fingerprint density at radius 3 is 2.57 bits per heavy atom. The zero-order chi connectivity index (χ0) is 15.9. The van der Waals surface area contributed by atoms with Crippen LogP contribution in [-0.2, 0) is 6.42 Å². The number of methoxy groups -OCH3 is 1. The maximum atomic E-state index is 5.55. The fourth-order valence-corrected chi connectivity index (χ4v) is 3.01. The molecule has 0 amide bonds. The molecule has 0 aromatic heterocycles. The van der Waals surface area contributed by atoms with E-state index in [1.54, 1.807) is 7.11 Å². The predicted molar refractivity (Wildman–Crippen MR) is 92.2 cm³/mol. The van der Waals surface area contributed by atoms with E-state index in [2.05, 4.69) is 58.1 Å². The third-order valence-electron chi connectivity index (χ3n) is 4.01. The number of hydrogen-bond donors (Lipinski definition) is 1. The Kier molecular flexibility index (Phi) is 7.24. The van der Waals surface area contributed by atoms with Crippen LogP contribution in [-0.4, -0.2) is 20.2 Å². The Labute approximate surface area is 131 Å². The topological polar surface area (TPSA) is 21.3 Å². The molecule has 1 N–H and O–H groups in total. The van der Waals surface area contributed by atoms with Crippen LogP contribution >= 0.6 is 0 Å². The minimum absolute atomic E-state index is 0.282. The van der Waals surface area contributed by atoms with Gasteiger partial charge in [0.2, 0.25) is 0 Å². The van der Waals surface area contributed by atoms with Gasteiger partial charge >= 0.3 is 0 Å². The SMILES string of the molecule is CCCC(C)(CNCC(C)C)Cc1cc(C)ccc1OC. The summed E-state index contributed by atoms with van der Waals surface area (Å²) in [6.45, 7) is 13.5. The molecule has 21 heavy (non-hydrogen) atoms. The summed E-state index contributed by atoms with van der Waals surface area (Å²) in [5.74, 6) is 1.72. The molecule has 0 spiro atoms. The molecule has 1 unspecified atom stereocenters. The highest BCUT2D eigenvalue weighted by atomic mass is 16.5. The summed E-state index contributed by atoms with van der Waals surface area (Å²) < 4.78 is 5.55. The zero-order valence-electron chi connectivity index (χ0n) is 14.8. The molecule has 0 bridgehead atoms. The van der Waals surface area contributed by atoms with Crippen LogP contribution in [0.5, 0.6) is 5.75 Å². The van der Waals surface area contributed by atoms with Gasteiger partial charge in [-0.25, -0.2) is 0 Å². The predicted octanol–water partition coefficient (Wildman–Crippen LogP) is 4.60. The second kappa shape index (κ2) is 8.43. The van der Waals surface area contributed by atoms with Gasteiger partial charge in [0.05, 0.1) is 7.11 Å². The molecule has 0 fully saturated rings. The summed E-state index contributed by atoms with van der Waals surface area (Å²) in [5.41, 5.74) is 2.92. The average Bonchev–Trinajstić information content (AvgIpc) is 2.38. The van der Waals surface area contributed by atoms with Crippen LogP contribution in [0.3, 0.4) is 0 Å². The maximum Gasteiger partial charge on any atom is 0.122 e. The lowest BCUT2D eigenvalue weighted by Crippen LogP contribution is -2.35. The van der Waals surface area contributed by atoms with E-state index >= 15 is 0 Å². The van der Waals surface area contributed by atoms with Crippen LogP contribution in [0.2, 0.25) is 0 Å². The minimum Gasteiger partial charge on any atom is -0.496 e. The Bertz CT molecular complexity index is 428. The molecule has 0 heterocycles. The van der Waals surface area contributed by atoms with Gasteiger partial charge in [0.25, 0.3) is 0 Å². The third-order valence-corrected chi connectivity index (χ3v) is 4.01. The molecule has 0 saturated heterocycles. The van der Waals surface area contributed by atoms with Crippen molar-refractivity contribution in [3.05, 3.63) is 29.3 Å². The number of ether oxygens (including phenoxy) is 1. The summed E-state index contributed by atoms with van der Waals surface area (Å²) in [6.07, 6.45) is 3.51. The van der Waals surface area contributed by atoms with Crippen molar-refractivity contribution < 1.29 is 4.74 Å². The van der Waals surface area contributed by atoms with Gasteiger partial charge in [-0.1, -0.05) is 51.8 Å². The smallest absolute Gasteiger partial charge is 0.122 e. The highest BCUT2D eigenvalue weighted by Crippen LogP contribution is 2.32. The van der Waals surface area contributed by atoms with Crippen molar-refractivity contribution in [1.82, 2.24) is 5.32 Å². The summed E-state index contributed by atoms with van der Waals surface area (Å²) in [5, 5.41) is 3.64. The summed E-state index contributed by atoms with van der Waals surface area (Å²) in [6, 6.07) is 6.49. The number of aryl methyl sites for hydroxylation is 1. The summed E-state index contributed by atoms with van der Waals surface area (Å²) in [7, 11) is 1.77. The van der Waals surface area contributed by atoms with E-state index in [9.17, 15) is 0 Å². The molecule has 0 aliphatic heterocycles. The standard InChI is InChI=1S/C19H33NO/c1-7-10-19(5,14-20-13-15(2)3)12-17-11-16(4)8-9-18(17)21-6/h8-9,11,15,20H,7,10,12-14H2,1-6H3. The zero-order valence-corrected chi connectivity index (χ0v) is 14.8. The number of nitrogens with one attached hydrogen (secondary N) is 1. The second-order valence-electron chi connectivity index (χ2n) is 7.08. The number of hydrogen-bond acceptors (Lipinski definition) is 2. The first-order chi connectivity index (χ1) is 9.90.